The van der Waals surface area contributed by atoms with Crippen molar-refractivity contribution in [1.82, 2.24) is 24.9 Å². The summed E-state index contributed by atoms with van der Waals surface area (Å²) in [6.45, 7) is 0. The van der Waals surface area contributed by atoms with Crippen molar-refractivity contribution in [2.45, 2.75) is 0 Å². The Hall–Kier alpha value is -3.61. The first-order chi connectivity index (χ1) is 11.7. The number of aromatic carboxylic acids is 1. The van der Waals surface area contributed by atoms with E-state index in [1.165, 1.54) is 6.20 Å². The fourth-order valence-electron chi connectivity index (χ4n) is 2.47. The van der Waals surface area contributed by atoms with Crippen molar-refractivity contribution in [3.05, 3.63) is 60.6 Å². The molecule has 0 aliphatic carbocycles. The van der Waals surface area contributed by atoms with Gasteiger partial charge >= 0.3 is 5.97 Å². The van der Waals surface area contributed by atoms with E-state index in [1.54, 1.807) is 18.5 Å². The summed E-state index contributed by atoms with van der Waals surface area (Å²) in [6, 6.07) is 11.2. The van der Waals surface area contributed by atoms with Gasteiger partial charge in [0.2, 0.25) is 0 Å². The number of benzene rings is 1. The first kappa shape index (κ1) is 14.0. The van der Waals surface area contributed by atoms with Crippen molar-refractivity contribution in [2.24, 2.45) is 0 Å². The van der Waals surface area contributed by atoms with Crippen LogP contribution < -0.4 is 0 Å². The Morgan fingerprint density at radius 1 is 1.00 bits per heavy atom. The second kappa shape index (κ2) is 5.54. The lowest BCUT2D eigenvalue weighted by atomic mass is 10.1. The largest absolute Gasteiger partial charge is 0.478 e. The van der Waals surface area contributed by atoms with Crippen LogP contribution in [0.25, 0.3) is 33.9 Å². The van der Waals surface area contributed by atoms with Gasteiger partial charge in [0.05, 0.1) is 5.69 Å². The molecule has 0 spiro atoms. The van der Waals surface area contributed by atoms with Gasteiger partial charge < -0.3 is 10.1 Å². The van der Waals surface area contributed by atoms with E-state index in [-0.39, 0.29) is 11.4 Å². The zero-order valence-corrected chi connectivity index (χ0v) is 12.3. The standard InChI is InChI=1S/C17H11N5O2/c23-17(24)11-9-20-16(15-18-6-3-7-19-15)22-14(11)13-8-10-4-1-2-5-12(10)21-13/h1-9,21H,(H,23,24). The van der Waals surface area contributed by atoms with Gasteiger partial charge in [0, 0.05) is 29.5 Å². The van der Waals surface area contributed by atoms with Crippen LogP contribution in [0, 0.1) is 0 Å². The molecular formula is C17H11N5O2. The first-order valence-corrected chi connectivity index (χ1v) is 7.18. The number of hydrogen-bond donors (Lipinski definition) is 2. The molecule has 2 N–H and O–H groups in total. The van der Waals surface area contributed by atoms with Crippen LogP contribution in [0.5, 0.6) is 0 Å². The molecule has 0 bridgehead atoms. The monoisotopic (exact) mass is 317 g/mol. The lowest BCUT2D eigenvalue weighted by Crippen LogP contribution is -2.05. The highest BCUT2D eigenvalue weighted by atomic mass is 16.4. The summed E-state index contributed by atoms with van der Waals surface area (Å²) < 4.78 is 0. The number of fused-ring (bicyclic) bond motifs is 1. The Labute approximate surface area is 136 Å². The molecule has 0 radical (unpaired) electrons. The number of nitrogens with zero attached hydrogens (tertiary/aromatic N) is 4. The normalized spacial score (nSPS) is 10.8. The Morgan fingerprint density at radius 2 is 1.79 bits per heavy atom. The summed E-state index contributed by atoms with van der Waals surface area (Å²) in [5, 5.41) is 10.4. The summed E-state index contributed by atoms with van der Waals surface area (Å²) in [4.78, 5) is 31.4. The molecule has 0 aliphatic rings. The Bertz CT molecular complexity index is 1010. The predicted octanol–water partition coefficient (Wildman–Crippen LogP) is 2.78. The molecule has 1 aromatic carbocycles. The number of nitrogens with one attached hydrogen (secondary N) is 1. The highest BCUT2D eigenvalue weighted by Crippen LogP contribution is 2.26. The van der Waals surface area contributed by atoms with Gasteiger partial charge in [-0.2, -0.15) is 0 Å². The minimum atomic E-state index is -1.09. The molecule has 4 rings (SSSR count). The molecule has 24 heavy (non-hydrogen) atoms. The number of carbonyl (C=O) groups is 1. The van der Waals surface area contributed by atoms with Crippen LogP contribution in [0.1, 0.15) is 10.4 Å². The maximum Gasteiger partial charge on any atom is 0.339 e. The number of rotatable bonds is 3. The van der Waals surface area contributed by atoms with Crippen LogP contribution in [0.15, 0.2) is 55.0 Å². The number of carboxylic acids is 1. The van der Waals surface area contributed by atoms with Crippen molar-refractivity contribution in [3.8, 4) is 23.0 Å². The first-order valence-electron chi connectivity index (χ1n) is 7.18. The Morgan fingerprint density at radius 3 is 2.54 bits per heavy atom. The van der Waals surface area contributed by atoms with Gasteiger partial charge in [-0.25, -0.2) is 24.7 Å². The van der Waals surface area contributed by atoms with Crippen LogP contribution in [0.3, 0.4) is 0 Å². The van der Waals surface area contributed by atoms with Crippen LogP contribution in [0.4, 0.5) is 0 Å². The van der Waals surface area contributed by atoms with E-state index in [9.17, 15) is 9.90 Å². The van der Waals surface area contributed by atoms with Crippen molar-refractivity contribution in [2.75, 3.05) is 0 Å². The van der Waals surface area contributed by atoms with E-state index in [0.29, 0.717) is 17.2 Å². The number of aromatic nitrogens is 5. The van der Waals surface area contributed by atoms with E-state index in [1.807, 2.05) is 30.3 Å². The predicted molar refractivity (Wildman–Crippen MR) is 87.3 cm³/mol. The number of hydrogen-bond acceptors (Lipinski definition) is 5. The maximum atomic E-state index is 11.5. The fourth-order valence-corrected chi connectivity index (χ4v) is 2.47. The van der Waals surface area contributed by atoms with Crippen LogP contribution in [-0.4, -0.2) is 36.0 Å². The van der Waals surface area contributed by atoms with Gasteiger partial charge in [-0.05, 0) is 18.2 Å². The second-order valence-corrected chi connectivity index (χ2v) is 5.10. The molecule has 4 aromatic rings. The van der Waals surface area contributed by atoms with E-state index < -0.39 is 5.97 Å². The lowest BCUT2D eigenvalue weighted by molar-refractivity contribution is 0.0697. The molecule has 0 saturated heterocycles. The number of aromatic amines is 1. The Balaban J connectivity index is 1.92. The molecule has 0 amide bonds. The average molecular weight is 317 g/mol. The van der Waals surface area contributed by atoms with Gasteiger partial charge in [0.1, 0.15) is 11.3 Å². The van der Waals surface area contributed by atoms with Gasteiger partial charge in [-0.15, -0.1) is 0 Å². The highest BCUT2D eigenvalue weighted by Gasteiger charge is 2.18. The van der Waals surface area contributed by atoms with Gasteiger partial charge in [0.15, 0.2) is 11.6 Å². The van der Waals surface area contributed by atoms with E-state index in [0.717, 1.165) is 10.9 Å². The van der Waals surface area contributed by atoms with Gasteiger partial charge in [-0.3, -0.25) is 0 Å². The van der Waals surface area contributed by atoms with Gasteiger partial charge in [0.25, 0.3) is 0 Å². The highest BCUT2D eigenvalue weighted by molar-refractivity contribution is 5.96. The third-order valence-corrected chi connectivity index (χ3v) is 3.57. The smallest absolute Gasteiger partial charge is 0.339 e. The molecule has 0 unspecified atom stereocenters. The summed E-state index contributed by atoms with van der Waals surface area (Å²) in [5.74, 6) is -0.481. The lowest BCUT2D eigenvalue weighted by Gasteiger charge is -2.05. The zero-order valence-electron chi connectivity index (χ0n) is 12.3. The molecule has 7 nitrogen and oxygen atoms in total. The minimum absolute atomic E-state index is 0.0150. The summed E-state index contributed by atoms with van der Waals surface area (Å²) in [6.07, 6.45) is 4.45. The molecule has 0 atom stereocenters. The van der Waals surface area contributed by atoms with Crippen molar-refractivity contribution in [3.63, 3.8) is 0 Å². The summed E-state index contributed by atoms with van der Waals surface area (Å²) in [7, 11) is 0. The number of H-pyrrole nitrogens is 1. The molecule has 116 valence electrons. The quantitative estimate of drug-likeness (QED) is 0.602. The van der Waals surface area contributed by atoms with Crippen LogP contribution in [-0.2, 0) is 0 Å². The maximum absolute atomic E-state index is 11.5. The van der Waals surface area contributed by atoms with Crippen LogP contribution >= 0.6 is 0 Å². The number of para-hydroxylation sites is 1. The van der Waals surface area contributed by atoms with Crippen molar-refractivity contribution < 1.29 is 9.90 Å². The molecule has 0 fully saturated rings. The SMILES string of the molecule is O=C(O)c1cnc(-c2ncccn2)nc1-c1cc2ccccc2[nH]1. The van der Waals surface area contributed by atoms with Crippen LogP contribution in [0.2, 0.25) is 0 Å². The molecular weight excluding hydrogens is 306 g/mol. The van der Waals surface area contributed by atoms with Crippen molar-refractivity contribution >= 4 is 16.9 Å². The van der Waals surface area contributed by atoms with E-state index in [2.05, 4.69) is 24.9 Å². The number of carboxylic acid groups (broad SMARTS) is 1. The summed E-state index contributed by atoms with van der Waals surface area (Å²) in [5.41, 5.74) is 1.82. The minimum Gasteiger partial charge on any atom is -0.478 e. The van der Waals surface area contributed by atoms with E-state index >= 15 is 0 Å². The van der Waals surface area contributed by atoms with Crippen molar-refractivity contribution in [1.29, 1.82) is 0 Å². The van der Waals surface area contributed by atoms with Gasteiger partial charge in [-0.1, -0.05) is 18.2 Å². The molecule has 0 saturated carbocycles. The zero-order chi connectivity index (χ0) is 16.5. The average Bonchev–Trinajstić information content (AvgIpc) is 3.06. The molecule has 3 aromatic heterocycles. The summed E-state index contributed by atoms with van der Waals surface area (Å²) >= 11 is 0. The molecule has 3 heterocycles. The third kappa shape index (κ3) is 2.38. The second-order valence-electron chi connectivity index (χ2n) is 5.10. The molecule has 7 heteroatoms. The van der Waals surface area contributed by atoms with E-state index in [4.69, 9.17) is 0 Å². The molecule has 0 aliphatic heterocycles. The fraction of sp³-hybridized carbons (Fsp3) is 0. The Kier molecular flexibility index (Phi) is 3.24. The topological polar surface area (TPSA) is 105 Å². The third-order valence-electron chi connectivity index (χ3n) is 3.57.